The van der Waals surface area contributed by atoms with E-state index in [9.17, 15) is 0 Å². The van der Waals surface area contributed by atoms with E-state index in [1.807, 2.05) is 0 Å². The van der Waals surface area contributed by atoms with Gasteiger partial charge in [-0.2, -0.15) is 0 Å². The van der Waals surface area contributed by atoms with Gasteiger partial charge in [0.25, 0.3) is 0 Å². The molecule has 17 heavy (non-hydrogen) atoms. The fourth-order valence-corrected chi connectivity index (χ4v) is 2.60. The SMILES string of the molecule is CN1CCN(Cc2ccc3c(c2)CCO3)CC1. The van der Waals surface area contributed by atoms with Crippen molar-refractivity contribution in [3.05, 3.63) is 29.3 Å². The number of hydrogen-bond acceptors (Lipinski definition) is 3. The van der Waals surface area contributed by atoms with Crippen molar-refractivity contribution in [1.82, 2.24) is 9.80 Å². The van der Waals surface area contributed by atoms with Gasteiger partial charge in [0.05, 0.1) is 6.61 Å². The Balaban J connectivity index is 1.65. The van der Waals surface area contributed by atoms with Crippen molar-refractivity contribution in [3.63, 3.8) is 0 Å². The third-order valence-electron chi connectivity index (χ3n) is 3.76. The molecular weight excluding hydrogens is 212 g/mol. The molecule has 0 bridgehead atoms. The highest BCUT2D eigenvalue weighted by Crippen LogP contribution is 2.26. The smallest absolute Gasteiger partial charge is 0.122 e. The van der Waals surface area contributed by atoms with Gasteiger partial charge in [-0.25, -0.2) is 0 Å². The second-order valence-corrected chi connectivity index (χ2v) is 5.12. The first-order chi connectivity index (χ1) is 8.31. The molecule has 3 nitrogen and oxygen atoms in total. The Morgan fingerprint density at radius 2 is 2.00 bits per heavy atom. The fraction of sp³-hybridized carbons (Fsp3) is 0.571. The van der Waals surface area contributed by atoms with Gasteiger partial charge in [0.2, 0.25) is 0 Å². The second-order valence-electron chi connectivity index (χ2n) is 5.12. The van der Waals surface area contributed by atoms with Crippen LogP contribution in [0.5, 0.6) is 5.75 Å². The number of piperazine rings is 1. The summed E-state index contributed by atoms with van der Waals surface area (Å²) in [6, 6.07) is 6.66. The molecule has 0 spiro atoms. The Morgan fingerprint density at radius 1 is 1.18 bits per heavy atom. The lowest BCUT2D eigenvalue weighted by Crippen LogP contribution is -2.43. The Labute approximate surface area is 103 Å². The Kier molecular flexibility index (Phi) is 3.04. The molecule has 0 amide bonds. The Bertz CT molecular complexity index is 397. The summed E-state index contributed by atoms with van der Waals surface area (Å²) in [5, 5.41) is 0. The van der Waals surface area contributed by atoms with Gasteiger partial charge in [-0.05, 0) is 24.2 Å². The van der Waals surface area contributed by atoms with Crippen LogP contribution >= 0.6 is 0 Å². The van der Waals surface area contributed by atoms with Crippen molar-refractivity contribution >= 4 is 0 Å². The lowest BCUT2D eigenvalue weighted by Gasteiger charge is -2.32. The molecule has 2 aliphatic rings. The van der Waals surface area contributed by atoms with E-state index in [1.54, 1.807) is 0 Å². The molecule has 0 aromatic heterocycles. The summed E-state index contributed by atoms with van der Waals surface area (Å²) in [5.74, 6) is 1.09. The highest BCUT2D eigenvalue weighted by atomic mass is 16.5. The number of benzene rings is 1. The molecule has 0 atom stereocenters. The molecule has 0 aliphatic carbocycles. The van der Waals surface area contributed by atoms with Crippen LogP contribution in [0.4, 0.5) is 0 Å². The largest absolute Gasteiger partial charge is 0.493 e. The molecular formula is C14H20N2O. The molecule has 2 aliphatic heterocycles. The maximum atomic E-state index is 5.54. The molecule has 0 N–H and O–H groups in total. The van der Waals surface area contributed by atoms with Gasteiger partial charge >= 0.3 is 0 Å². The predicted molar refractivity (Wildman–Crippen MR) is 68.4 cm³/mol. The number of hydrogen-bond donors (Lipinski definition) is 0. The minimum atomic E-state index is 0.854. The van der Waals surface area contributed by atoms with Crippen LogP contribution in [0.3, 0.4) is 0 Å². The van der Waals surface area contributed by atoms with Crippen LogP contribution in [0, 0.1) is 0 Å². The van der Waals surface area contributed by atoms with E-state index in [2.05, 4.69) is 35.0 Å². The van der Waals surface area contributed by atoms with Crippen molar-refractivity contribution < 1.29 is 4.74 Å². The van der Waals surface area contributed by atoms with E-state index in [0.717, 1.165) is 25.3 Å². The highest BCUT2D eigenvalue weighted by Gasteiger charge is 2.16. The number of rotatable bonds is 2. The van der Waals surface area contributed by atoms with Crippen LogP contribution in [0.2, 0.25) is 0 Å². The summed E-state index contributed by atoms with van der Waals surface area (Å²) in [7, 11) is 2.20. The molecule has 1 fully saturated rings. The molecule has 92 valence electrons. The van der Waals surface area contributed by atoms with Gasteiger partial charge < -0.3 is 9.64 Å². The van der Waals surface area contributed by atoms with Gasteiger partial charge in [-0.15, -0.1) is 0 Å². The molecule has 0 saturated carbocycles. The number of fused-ring (bicyclic) bond motifs is 1. The van der Waals surface area contributed by atoms with E-state index in [4.69, 9.17) is 4.74 Å². The molecule has 0 radical (unpaired) electrons. The second kappa shape index (κ2) is 4.67. The highest BCUT2D eigenvalue weighted by molar-refractivity contribution is 5.39. The van der Waals surface area contributed by atoms with E-state index in [-0.39, 0.29) is 0 Å². The first-order valence-electron chi connectivity index (χ1n) is 6.47. The average Bonchev–Trinajstić information content (AvgIpc) is 2.79. The van der Waals surface area contributed by atoms with Crippen LogP contribution in [0.15, 0.2) is 18.2 Å². The maximum absolute atomic E-state index is 5.54. The van der Waals surface area contributed by atoms with Crippen LogP contribution in [-0.4, -0.2) is 49.6 Å². The van der Waals surface area contributed by atoms with Crippen LogP contribution < -0.4 is 4.74 Å². The minimum Gasteiger partial charge on any atom is -0.493 e. The zero-order chi connectivity index (χ0) is 11.7. The van der Waals surface area contributed by atoms with Crippen LogP contribution in [0.1, 0.15) is 11.1 Å². The van der Waals surface area contributed by atoms with Crippen molar-refractivity contribution in [1.29, 1.82) is 0 Å². The maximum Gasteiger partial charge on any atom is 0.122 e. The topological polar surface area (TPSA) is 15.7 Å². The molecule has 1 aromatic carbocycles. The number of nitrogens with zero attached hydrogens (tertiary/aromatic N) is 2. The van der Waals surface area contributed by atoms with E-state index < -0.39 is 0 Å². The first-order valence-corrected chi connectivity index (χ1v) is 6.47. The quantitative estimate of drug-likeness (QED) is 0.766. The summed E-state index contributed by atoms with van der Waals surface area (Å²) in [5.41, 5.74) is 2.82. The van der Waals surface area contributed by atoms with Crippen molar-refractivity contribution in [3.8, 4) is 5.75 Å². The van der Waals surface area contributed by atoms with Crippen LogP contribution in [0.25, 0.3) is 0 Å². The lowest BCUT2D eigenvalue weighted by atomic mass is 10.1. The number of likely N-dealkylation sites (N-methyl/N-ethyl adjacent to an activating group) is 1. The minimum absolute atomic E-state index is 0.854. The molecule has 0 unspecified atom stereocenters. The van der Waals surface area contributed by atoms with Gasteiger partial charge in [-0.3, -0.25) is 4.90 Å². The van der Waals surface area contributed by atoms with Crippen molar-refractivity contribution in [2.45, 2.75) is 13.0 Å². The fourth-order valence-electron chi connectivity index (χ4n) is 2.60. The monoisotopic (exact) mass is 232 g/mol. The summed E-state index contributed by atoms with van der Waals surface area (Å²) >= 11 is 0. The summed E-state index contributed by atoms with van der Waals surface area (Å²) in [6.45, 7) is 6.69. The Hall–Kier alpha value is -1.06. The zero-order valence-electron chi connectivity index (χ0n) is 10.5. The van der Waals surface area contributed by atoms with Gasteiger partial charge in [0.15, 0.2) is 0 Å². The van der Waals surface area contributed by atoms with Crippen LogP contribution in [-0.2, 0) is 13.0 Å². The normalized spacial score (nSPS) is 21.2. The molecule has 3 heteroatoms. The Morgan fingerprint density at radius 3 is 2.82 bits per heavy atom. The summed E-state index contributed by atoms with van der Waals surface area (Å²) < 4.78 is 5.54. The average molecular weight is 232 g/mol. The van der Waals surface area contributed by atoms with E-state index >= 15 is 0 Å². The third kappa shape index (κ3) is 2.45. The molecule has 3 rings (SSSR count). The van der Waals surface area contributed by atoms with Crippen molar-refractivity contribution in [2.75, 3.05) is 39.8 Å². The number of ether oxygens (including phenoxy) is 1. The zero-order valence-corrected chi connectivity index (χ0v) is 10.5. The van der Waals surface area contributed by atoms with Crippen molar-refractivity contribution in [2.24, 2.45) is 0 Å². The van der Waals surface area contributed by atoms with Gasteiger partial charge in [-0.1, -0.05) is 12.1 Å². The summed E-state index contributed by atoms with van der Waals surface area (Å²) in [6.07, 6.45) is 1.08. The van der Waals surface area contributed by atoms with E-state index in [0.29, 0.717) is 0 Å². The standard InChI is InChI=1S/C14H20N2O/c1-15-5-7-16(8-6-15)11-12-2-3-14-13(10-12)4-9-17-14/h2-3,10H,4-9,11H2,1H3. The van der Waals surface area contributed by atoms with Gasteiger partial charge in [0, 0.05) is 39.1 Å². The molecule has 1 saturated heterocycles. The van der Waals surface area contributed by atoms with E-state index in [1.165, 1.54) is 37.3 Å². The predicted octanol–water partition coefficient (Wildman–Crippen LogP) is 1.37. The third-order valence-corrected chi connectivity index (χ3v) is 3.76. The lowest BCUT2D eigenvalue weighted by molar-refractivity contribution is 0.148. The summed E-state index contributed by atoms with van der Waals surface area (Å²) in [4.78, 5) is 4.94. The first kappa shape index (κ1) is 11.1. The molecule has 2 heterocycles. The molecule has 1 aromatic rings. The van der Waals surface area contributed by atoms with Gasteiger partial charge in [0.1, 0.15) is 5.75 Å².